The van der Waals surface area contributed by atoms with E-state index in [0.717, 1.165) is 5.56 Å². The fourth-order valence-electron chi connectivity index (χ4n) is 2.11. The lowest BCUT2D eigenvalue weighted by atomic mass is 10.1. The Bertz CT molecular complexity index is 738. The van der Waals surface area contributed by atoms with E-state index in [9.17, 15) is 8.42 Å². The fourth-order valence-corrected chi connectivity index (χ4v) is 3.93. The molecule has 114 valence electrons. The maximum atomic E-state index is 12.7. The molecular formula is C13H17ClN4O2S. The van der Waals surface area contributed by atoms with Crippen LogP contribution in [-0.2, 0) is 17.1 Å². The van der Waals surface area contributed by atoms with E-state index >= 15 is 0 Å². The Morgan fingerprint density at radius 3 is 2.52 bits per heavy atom. The maximum Gasteiger partial charge on any atom is 0.262 e. The van der Waals surface area contributed by atoms with Gasteiger partial charge in [0.25, 0.3) is 10.0 Å². The number of nitrogens with two attached hydrogens (primary N) is 1. The molecule has 1 aromatic carbocycles. The topological polar surface area (TPSA) is 81.2 Å². The molecule has 1 unspecified atom stereocenters. The van der Waals surface area contributed by atoms with E-state index in [2.05, 4.69) is 4.98 Å². The summed E-state index contributed by atoms with van der Waals surface area (Å²) >= 11 is 6.14. The Labute approximate surface area is 129 Å². The molecular weight excluding hydrogens is 312 g/mol. The Hall–Kier alpha value is -1.57. The first-order valence-corrected chi connectivity index (χ1v) is 8.08. The molecule has 2 aromatic rings. The van der Waals surface area contributed by atoms with Crippen molar-refractivity contribution in [2.75, 3.05) is 12.8 Å². The Kier molecular flexibility index (Phi) is 4.27. The van der Waals surface area contributed by atoms with Gasteiger partial charge < -0.3 is 10.3 Å². The van der Waals surface area contributed by atoms with Gasteiger partial charge in [-0.1, -0.05) is 29.8 Å². The predicted molar refractivity (Wildman–Crippen MR) is 82.4 cm³/mol. The molecule has 6 nitrogen and oxygen atoms in total. The molecule has 2 rings (SSSR count). The van der Waals surface area contributed by atoms with Gasteiger partial charge in [0.15, 0.2) is 10.8 Å². The number of hydrogen-bond acceptors (Lipinski definition) is 4. The van der Waals surface area contributed by atoms with Gasteiger partial charge in [-0.25, -0.2) is 13.4 Å². The molecule has 1 heterocycles. The van der Waals surface area contributed by atoms with Gasteiger partial charge in [-0.3, -0.25) is 0 Å². The smallest absolute Gasteiger partial charge is 0.262 e. The van der Waals surface area contributed by atoms with Crippen LogP contribution in [0.4, 0.5) is 5.82 Å². The summed E-state index contributed by atoms with van der Waals surface area (Å²) in [6.45, 7) is 1.77. The van der Waals surface area contributed by atoms with Crippen LogP contribution in [-0.4, -0.2) is 29.3 Å². The number of hydrogen-bond donors (Lipinski definition) is 1. The van der Waals surface area contributed by atoms with Crippen molar-refractivity contribution in [1.82, 2.24) is 13.9 Å². The van der Waals surface area contributed by atoms with Crippen molar-refractivity contribution >= 4 is 27.4 Å². The highest BCUT2D eigenvalue weighted by atomic mass is 35.5. The van der Waals surface area contributed by atoms with E-state index in [1.807, 2.05) is 6.07 Å². The number of sulfonamides is 1. The molecule has 0 bridgehead atoms. The van der Waals surface area contributed by atoms with Crippen molar-refractivity contribution in [3.05, 3.63) is 41.2 Å². The molecule has 0 aliphatic heterocycles. The van der Waals surface area contributed by atoms with Gasteiger partial charge in [-0.2, -0.15) is 4.31 Å². The number of nitrogens with zero attached hydrogens (tertiary/aromatic N) is 3. The van der Waals surface area contributed by atoms with Crippen molar-refractivity contribution in [2.45, 2.75) is 18.0 Å². The van der Waals surface area contributed by atoms with Gasteiger partial charge in [-0.05, 0) is 18.6 Å². The second-order valence-corrected chi connectivity index (χ2v) is 7.08. The molecule has 0 saturated heterocycles. The Balaban J connectivity index is 2.44. The van der Waals surface area contributed by atoms with E-state index in [-0.39, 0.29) is 10.8 Å². The van der Waals surface area contributed by atoms with Crippen molar-refractivity contribution in [3.63, 3.8) is 0 Å². The minimum Gasteiger partial charge on any atom is -0.381 e. The first-order valence-electron chi connectivity index (χ1n) is 6.26. The van der Waals surface area contributed by atoms with Crippen LogP contribution in [0.15, 0.2) is 35.6 Å². The summed E-state index contributed by atoms with van der Waals surface area (Å²) in [6, 6.07) is 6.71. The number of benzene rings is 1. The van der Waals surface area contributed by atoms with Crippen molar-refractivity contribution in [2.24, 2.45) is 7.05 Å². The zero-order chi connectivity index (χ0) is 15.8. The van der Waals surface area contributed by atoms with Gasteiger partial charge >= 0.3 is 0 Å². The van der Waals surface area contributed by atoms with E-state index < -0.39 is 16.1 Å². The predicted octanol–water partition coefficient (Wildman–Crippen LogP) is 2.04. The molecule has 0 radical (unpaired) electrons. The highest BCUT2D eigenvalue weighted by molar-refractivity contribution is 7.89. The van der Waals surface area contributed by atoms with Crippen LogP contribution in [0.3, 0.4) is 0 Å². The summed E-state index contributed by atoms with van der Waals surface area (Å²) < 4.78 is 28.0. The molecule has 0 spiro atoms. The van der Waals surface area contributed by atoms with Crippen LogP contribution >= 0.6 is 11.6 Å². The second kappa shape index (κ2) is 5.67. The molecule has 0 aliphatic rings. The monoisotopic (exact) mass is 328 g/mol. The first-order chi connectivity index (χ1) is 9.76. The van der Waals surface area contributed by atoms with E-state index in [1.165, 1.54) is 22.2 Å². The average Bonchev–Trinajstić information content (AvgIpc) is 2.77. The Morgan fingerprint density at radius 1 is 1.38 bits per heavy atom. The minimum absolute atomic E-state index is 0.0179. The van der Waals surface area contributed by atoms with E-state index in [4.69, 9.17) is 17.3 Å². The van der Waals surface area contributed by atoms with Crippen LogP contribution in [0.5, 0.6) is 0 Å². The molecule has 0 fully saturated rings. The highest BCUT2D eigenvalue weighted by Gasteiger charge is 2.31. The van der Waals surface area contributed by atoms with Crippen LogP contribution < -0.4 is 5.73 Å². The molecule has 21 heavy (non-hydrogen) atoms. The third-order valence-corrected chi connectivity index (χ3v) is 5.84. The summed E-state index contributed by atoms with van der Waals surface area (Å²) in [5.74, 6) is -0.0179. The normalized spacial score (nSPS) is 13.6. The second-order valence-electron chi connectivity index (χ2n) is 4.76. The number of rotatable bonds is 4. The van der Waals surface area contributed by atoms with E-state index in [1.54, 1.807) is 32.2 Å². The third-order valence-electron chi connectivity index (χ3n) is 3.43. The minimum atomic E-state index is -3.77. The van der Waals surface area contributed by atoms with E-state index in [0.29, 0.717) is 5.02 Å². The molecule has 1 aromatic heterocycles. The quantitative estimate of drug-likeness (QED) is 0.931. The van der Waals surface area contributed by atoms with Gasteiger partial charge in [0, 0.05) is 25.2 Å². The molecule has 2 N–H and O–H groups in total. The number of aromatic nitrogens is 2. The fraction of sp³-hybridized carbons (Fsp3) is 0.308. The summed E-state index contributed by atoms with van der Waals surface area (Å²) in [5, 5.41) is 0.494. The van der Waals surface area contributed by atoms with Crippen LogP contribution in [0.25, 0.3) is 0 Å². The SMILES string of the molecule is CC(c1ccccc1Cl)N(C)S(=O)(=O)c1c(N)ncn1C. The lowest BCUT2D eigenvalue weighted by Crippen LogP contribution is -2.31. The van der Waals surface area contributed by atoms with Gasteiger partial charge in [-0.15, -0.1) is 0 Å². The lowest BCUT2D eigenvalue weighted by Gasteiger charge is -2.25. The zero-order valence-corrected chi connectivity index (χ0v) is 13.6. The summed E-state index contributed by atoms with van der Waals surface area (Å²) in [7, 11) is -0.688. The number of anilines is 1. The molecule has 1 atom stereocenters. The number of halogens is 1. The van der Waals surface area contributed by atoms with Crippen LogP contribution in [0.2, 0.25) is 5.02 Å². The van der Waals surface area contributed by atoms with Crippen LogP contribution in [0, 0.1) is 0 Å². The summed E-state index contributed by atoms with van der Waals surface area (Å²) in [5.41, 5.74) is 6.40. The largest absolute Gasteiger partial charge is 0.381 e. The summed E-state index contributed by atoms with van der Waals surface area (Å²) in [4.78, 5) is 3.82. The highest BCUT2D eigenvalue weighted by Crippen LogP contribution is 2.31. The summed E-state index contributed by atoms with van der Waals surface area (Å²) in [6.07, 6.45) is 1.37. The number of nitrogen functional groups attached to an aromatic ring is 1. The average molecular weight is 329 g/mol. The molecule has 8 heteroatoms. The zero-order valence-electron chi connectivity index (χ0n) is 12.0. The van der Waals surface area contributed by atoms with Crippen molar-refractivity contribution in [1.29, 1.82) is 0 Å². The molecule has 0 amide bonds. The van der Waals surface area contributed by atoms with Gasteiger partial charge in [0.1, 0.15) is 0 Å². The third kappa shape index (κ3) is 2.76. The van der Waals surface area contributed by atoms with Crippen molar-refractivity contribution in [3.8, 4) is 0 Å². The van der Waals surface area contributed by atoms with Crippen LogP contribution in [0.1, 0.15) is 18.5 Å². The molecule has 0 aliphatic carbocycles. The Morgan fingerprint density at radius 2 is 2.00 bits per heavy atom. The molecule has 0 saturated carbocycles. The van der Waals surface area contributed by atoms with Gasteiger partial charge in [0.05, 0.1) is 6.33 Å². The number of aryl methyl sites for hydroxylation is 1. The maximum absolute atomic E-state index is 12.7. The first kappa shape index (κ1) is 15.8. The lowest BCUT2D eigenvalue weighted by molar-refractivity contribution is 0.395. The van der Waals surface area contributed by atoms with Gasteiger partial charge in [0.2, 0.25) is 0 Å². The standard InChI is InChI=1S/C13H17ClN4O2S/c1-9(10-6-4-5-7-11(10)14)18(3)21(19,20)13-12(15)16-8-17(13)2/h4-9H,15H2,1-3H3. The number of imidazole rings is 1. The van der Waals surface area contributed by atoms with Crippen molar-refractivity contribution < 1.29 is 8.42 Å².